The highest BCUT2D eigenvalue weighted by Gasteiger charge is 2.11. The van der Waals surface area contributed by atoms with Gasteiger partial charge in [0.25, 0.3) is 0 Å². The number of nitrogens with zero attached hydrogens (tertiary/aromatic N) is 2. The second kappa shape index (κ2) is 4.24. The van der Waals surface area contributed by atoms with Crippen LogP contribution in [0.5, 0.6) is 0 Å². The Bertz CT molecular complexity index is 821. The Morgan fingerprint density at radius 3 is 2.61 bits per heavy atom. The van der Waals surface area contributed by atoms with Crippen LogP contribution in [-0.4, -0.2) is 4.98 Å². The minimum atomic E-state index is 0.395. The Kier molecular flexibility index (Phi) is 2.70. The largest absolute Gasteiger partial charge is 0.254 e. The zero-order valence-electron chi connectivity index (χ0n) is 9.11. The highest BCUT2D eigenvalue weighted by atomic mass is 79.9. The van der Waals surface area contributed by atoms with E-state index in [1.54, 1.807) is 0 Å². The van der Waals surface area contributed by atoms with Gasteiger partial charge in [0.05, 0.1) is 16.1 Å². The van der Waals surface area contributed by atoms with E-state index >= 15 is 0 Å². The van der Waals surface area contributed by atoms with Crippen LogP contribution >= 0.6 is 27.5 Å². The molecular weight excluding hydrogens is 312 g/mol. The van der Waals surface area contributed by atoms with Crippen LogP contribution in [0.15, 0.2) is 41.0 Å². The van der Waals surface area contributed by atoms with Crippen LogP contribution in [0.2, 0.25) is 5.02 Å². The molecule has 0 fully saturated rings. The molecule has 18 heavy (non-hydrogen) atoms. The molecule has 0 bridgehead atoms. The summed E-state index contributed by atoms with van der Waals surface area (Å²) in [6, 6.07) is 11.9. The summed E-state index contributed by atoms with van der Waals surface area (Å²) in [5.74, 6) is 0. The molecule has 3 rings (SSSR count). The van der Waals surface area contributed by atoms with Crippen molar-refractivity contribution in [2.24, 2.45) is 0 Å². The lowest BCUT2D eigenvalue weighted by Crippen LogP contribution is -1.87. The Labute approximate surface area is 117 Å². The molecule has 0 atom stereocenters. The Balaban J connectivity index is 2.59. The highest BCUT2D eigenvalue weighted by molar-refractivity contribution is 9.10. The third-order valence-electron chi connectivity index (χ3n) is 2.88. The quantitative estimate of drug-likeness (QED) is 0.565. The smallest absolute Gasteiger partial charge is 0.102 e. The summed E-state index contributed by atoms with van der Waals surface area (Å²) >= 11 is 9.76. The van der Waals surface area contributed by atoms with Gasteiger partial charge in [0.2, 0.25) is 0 Å². The van der Waals surface area contributed by atoms with Gasteiger partial charge in [-0.1, -0.05) is 51.8 Å². The van der Waals surface area contributed by atoms with Gasteiger partial charge in [0.1, 0.15) is 6.07 Å². The van der Waals surface area contributed by atoms with E-state index in [-0.39, 0.29) is 0 Å². The molecule has 0 saturated carbocycles. The third-order valence-corrected chi connectivity index (χ3v) is 3.95. The number of hydrogen-bond donors (Lipinski definition) is 0. The van der Waals surface area contributed by atoms with E-state index in [1.165, 1.54) is 6.20 Å². The number of pyridine rings is 1. The van der Waals surface area contributed by atoms with Crippen LogP contribution in [-0.2, 0) is 0 Å². The van der Waals surface area contributed by atoms with Crippen LogP contribution in [0, 0.1) is 11.3 Å². The average Bonchev–Trinajstić information content (AvgIpc) is 2.41. The number of nitriles is 1. The van der Waals surface area contributed by atoms with Gasteiger partial charge in [-0.25, -0.2) is 0 Å². The van der Waals surface area contributed by atoms with E-state index < -0.39 is 0 Å². The van der Waals surface area contributed by atoms with E-state index in [2.05, 4.69) is 20.9 Å². The lowest BCUT2D eigenvalue weighted by molar-refractivity contribution is 1.38. The van der Waals surface area contributed by atoms with Crippen molar-refractivity contribution in [2.45, 2.75) is 0 Å². The Morgan fingerprint density at radius 1 is 1.17 bits per heavy atom. The first-order valence-electron chi connectivity index (χ1n) is 5.28. The summed E-state index contributed by atoms with van der Waals surface area (Å²) in [5.41, 5.74) is 1.21. The molecule has 3 aromatic rings. The second-order valence-electron chi connectivity index (χ2n) is 3.90. The summed E-state index contributed by atoms with van der Waals surface area (Å²) in [4.78, 5) is 4.35. The van der Waals surface area contributed by atoms with Gasteiger partial charge < -0.3 is 0 Å². The van der Waals surface area contributed by atoms with E-state index in [4.69, 9.17) is 16.9 Å². The zero-order chi connectivity index (χ0) is 12.7. The maximum Gasteiger partial charge on any atom is 0.102 e. The molecule has 2 aromatic carbocycles. The fourth-order valence-electron chi connectivity index (χ4n) is 2.03. The van der Waals surface area contributed by atoms with Crippen molar-refractivity contribution in [3.8, 4) is 6.07 Å². The highest BCUT2D eigenvalue weighted by Crippen LogP contribution is 2.35. The molecule has 86 valence electrons. The average molecular weight is 318 g/mol. The van der Waals surface area contributed by atoms with E-state index in [9.17, 15) is 0 Å². The summed E-state index contributed by atoms with van der Waals surface area (Å²) in [5, 5.41) is 12.3. The number of fused-ring (bicyclic) bond motifs is 3. The Hall–Kier alpha value is -1.63. The van der Waals surface area contributed by atoms with Crippen molar-refractivity contribution in [1.82, 2.24) is 4.98 Å². The van der Waals surface area contributed by atoms with Gasteiger partial charge in [0.15, 0.2) is 0 Å². The predicted octanol–water partition coefficient (Wildman–Crippen LogP) is 4.68. The molecule has 1 heterocycles. The fourth-order valence-corrected chi connectivity index (χ4v) is 2.84. The summed E-state index contributed by atoms with van der Waals surface area (Å²) in [6.45, 7) is 0. The van der Waals surface area contributed by atoms with Gasteiger partial charge in [-0.2, -0.15) is 5.26 Å². The molecule has 0 aliphatic rings. The second-order valence-corrected chi connectivity index (χ2v) is 5.13. The van der Waals surface area contributed by atoms with Crippen molar-refractivity contribution in [3.63, 3.8) is 0 Å². The van der Waals surface area contributed by atoms with Crippen molar-refractivity contribution in [2.75, 3.05) is 0 Å². The maximum atomic E-state index is 8.97. The van der Waals surface area contributed by atoms with Crippen molar-refractivity contribution in [1.29, 1.82) is 5.26 Å². The standard InChI is InChI=1S/C14H6BrClN2/c15-12-5-11-13(16)8(6-17)7-18-14(11)10-4-2-1-3-9(10)12/h1-5,7H. The van der Waals surface area contributed by atoms with Gasteiger partial charge in [0, 0.05) is 21.4 Å². The molecule has 0 amide bonds. The lowest BCUT2D eigenvalue weighted by Gasteiger charge is -2.07. The normalized spacial score (nSPS) is 10.7. The summed E-state index contributed by atoms with van der Waals surface area (Å²) in [7, 11) is 0. The predicted molar refractivity (Wildman–Crippen MR) is 76.7 cm³/mol. The summed E-state index contributed by atoms with van der Waals surface area (Å²) < 4.78 is 0.949. The first kappa shape index (κ1) is 11.5. The van der Waals surface area contributed by atoms with E-state index in [0.717, 1.165) is 26.1 Å². The van der Waals surface area contributed by atoms with Gasteiger partial charge in [-0.3, -0.25) is 4.98 Å². The number of hydrogen-bond acceptors (Lipinski definition) is 2. The van der Waals surface area contributed by atoms with E-state index in [1.807, 2.05) is 36.4 Å². The third kappa shape index (κ3) is 1.58. The van der Waals surface area contributed by atoms with Crippen LogP contribution in [0.25, 0.3) is 21.7 Å². The number of aromatic nitrogens is 1. The first-order chi connectivity index (χ1) is 8.72. The zero-order valence-corrected chi connectivity index (χ0v) is 11.5. The van der Waals surface area contributed by atoms with Crippen LogP contribution in [0.4, 0.5) is 0 Å². The molecule has 0 unspecified atom stereocenters. The molecule has 0 spiro atoms. The van der Waals surface area contributed by atoms with Crippen LogP contribution in [0.1, 0.15) is 5.56 Å². The molecule has 1 aromatic heterocycles. The molecule has 2 nitrogen and oxygen atoms in total. The molecule has 0 N–H and O–H groups in total. The molecule has 4 heteroatoms. The summed E-state index contributed by atoms with van der Waals surface area (Å²) in [6.07, 6.45) is 1.52. The molecule has 0 aliphatic heterocycles. The van der Waals surface area contributed by atoms with Gasteiger partial charge >= 0.3 is 0 Å². The molecular formula is C14H6BrClN2. The topological polar surface area (TPSA) is 36.7 Å². The van der Waals surface area contributed by atoms with Crippen molar-refractivity contribution < 1.29 is 0 Å². The lowest BCUT2D eigenvalue weighted by atomic mass is 10.1. The minimum Gasteiger partial charge on any atom is -0.254 e. The Morgan fingerprint density at radius 2 is 1.89 bits per heavy atom. The van der Waals surface area contributed by atoms with Gasteiger partial charge in [-0.15, -0.1) is 0 Å². The number of rotatable bonds is 0. The monoisotopic (exact) mass is 316 g/mol. The molecule has 0 radical (unpaired) electrons. The van der Waals surface area contributed by atoms with Crippen molar-refractivity contribution in [3.05, 3.63) is 51.6 Å². The maximum absolute atomic E-state index is 8.97. The van der Waals surface area contributed by atoms with Crippen LogP contribution < -0.4 is 0 Å². The first-order valence-corrected chi connectivity index (χ1v) is 6.45. The SMILES string of the molecule is N#Cc1cnc2c(cc(Br)c3ccccc32)c1Cl. The minimum absolute atomic E-state index is 0.395. The van der Waals surface area contributed by atoms with Crippen molar-refractivity contribution >= 4 is 49.2 Å². The number of benzene rings is 2. The molecule has 0 aliphatic carbocycles. The number of halogens is 2. The fraction of sp³-hybridized carbons (Fsp3) is 0. The van der Waals surface area contributed by atoms with E-state index in [0.29, 0.717) is 10.6 Å². The van der Waals surface area contributed by atoms with Crippen LogP contribution in [0.3, 0.4) is 0 Å². The molecule has 0 saturated heterocycles. The van der Waals surface area contributed by atoms with Gasteiger partial charge in [-0.05, 0) is 11.5 Å².